The lowest BCUT2D eigenvalue weighted by atomic mass is 10.1. The van der Waals surface area contributed by atoms with Crippen LogP contribution in [-0.4, -0.2) is 16.6 Å². The van der Waals surface area contributed by atoms with Crippen LogP contribution in [0.4, 0.5) is 11.4 Å². The van der Waals surface area contributed by atoms with E-state index in [2.05, 4.69) is 22.2 Å². The Morgan fingerprint density at radius 2 is 1.31 bits per heavy atom. The fraction of sp³-hybridized carbons (Fsp3) is 0.545. The van der Waals surface area contributed by atoms with E-state index in [4.69, 9.17) is 4.74 Å². The molecule has 0 atom stereocenters. The van der Waals surface area contributed by atoms with Crippen molar-refractivity contribution in [3.63, 3.8) is 0 Å². The van der Waals surface area contributed by atoms with Crippen molar-refractivity contribution in [3.05, 3.63) is 43.0 Å². The van der Waals surface area contributed by atoms with Gasteiger partial charge in [-0.3, -0.25) is 0 Å². The zero-order chi connectivity index (χ0) is 18.3. The normalized spacial score (nSPS) is 10.7. The van der Waals surface area contributed by atoms with Gasteiger partial charge in [0, 0.05) is 5.69 Å². The van der Waals surface area contributed by atoms with Gasteiger partial charge >= 0.3 is 0 Å². The highest BCUT2D eigenvalue weighted by Crippen LogP contribution is 2.19. The monoisotopic (exact) mass is 355 g/mol. The van der Waals surface area contributed by atoms with E-state index in [0.717, 1.165) is 30.2 Å². The highest BCUT2D eigenvalue weighted by molar-refractivity contribution is 5.58. The molecule has 0 saturated heterocycles. The Balaban J connectivity index is 1.49. The predicted molar refractivity (Wildman–Crippen MR) is 109 cm³/mol. The van der Waals surface area contributed by atoms with Gasteiger partial charge in [-0.05, 0) is 30.7 Å². The first-order chi connectivity index (χ1) is 12.9. The minimum Gasteiger partial charge on any atom is -0.494 e. The van der Waals surface area contributed by atoms with Crippen LogP contribution in [0.2, 0.25) is 0 Å². The lowest BCUT2D eigenvalue weighted by molar-refractivity contribution is 0.304. The third-order valence-corrected chi connectivity index (χ3v) is 4.47. The maximum Gasteiger partial charge on any atom is 0.119 e. The highest BCUT2D eigenvalue weighted by atomic mass is 16.5. The van der Waals surface area contributed by atoms with E-state index in [1.807, 2.05) is 24.3 Å². The number of nitrogens with zero attached hydrogens (tertiary/aromatic N) is 2. The molecule has 2 aromatic rings. The smallest absolute Gasteiger partial charge is 0.119 e. The van der Waals surface area contributed by atoms with Crippen molar-refractivity contribution < 1.29 is 4.74 Å². The molecule has 4 heteroatoms. The lowest BCUT2D eigenvalue weighted by Crippen LogP contribution is -1.98. The standard InChI is InChI=1S/C22H33N3O/c1-2-3-4-5-6-7-8-9-10-11-16-26-22-14-12-20(13-15-22)25-21-17-23-19-24-18-21/h12-15,17-19,25H,2-11,16H2,1H3. The Labute approximate surface area is 158 Å². The zero-order valence-electron chi connectivity index (χ0n) is 16.1. The Kier molecular flexibility index (Phi) is 10.2. The molecule has 0 fully saturated rings. The van der Waals surface area contributed by atoms with Crippen LogP contribution < -0.4 is 10.1 Å². The number of ether oxygens (including phenoxy) is 1. The van der Waals surface area contributed by atoms with Crippen LogP contribution in [0.15, 0.2) is 43.0 Å². The van der Waals surface area contributed by atoms with Gasteiger partial charge in [0.25, 0.3) is 0 Å². The molecule has 0 saturated carbocycles. The van der Waals surface area contributed by atoms with Gasteiger partial charge in [0.2, 0.25) is 0 Å². The first kappa shape index (κ1) is 20.2. The molecule has 1 N–H and O–H groups in total. The minimum absolute atomic E-state index is 0.801. The maximum atomic E-state index is 5.83. The van der Waals surface area contributed by atoms with Crippen molar-refractivity contribution in [2.24, 2.45) is 0 Å². The quantitative estimate of drug-likeness (QED) is 0.392. The average Bonchev–Trinajstić information content (AvgIpc) is 2.68. The molecular formula is C22H33N3O. The van der Waals surface area contributed by atoms with Gasteiger partial charge in [0.1, 0.15) is 12.1 Å². The molecule has 0 aliphatic rings. The number of aromatic nitrogens is 2. The fourth-order valence-electron chi connectivity index (χ4n) is 2.94. The van der Waals surface area contributed by atoms with Gasteiger partial charge in [-0.1, -0.05) is 64.7 Å². The molecule has 0 spiro atoms. The molecule has 1 aromatic heterocycles. The van der Waals surface area contributed by atoms with Crippen LogP contribution >= 0.6 is 0 Å². The third kappa shape index (κ3) is 8.84. The van der Waals surface area contributed by atoms with Crippen LogP contribution in [0.25, 0.3) is 0 Å². The van der Waals surface area contributed by atoms with Crippen molar-refractivity contribution in [2.75, 3.05) is 11.9 Å². The number of anilines is 2. The first-order valence-corrected chi connectivity index (χ1v) is 10.1. The summed E-state index contributed by atoms with van der Waals surface area (Å²) < 4.78 is 5.83. The zero-order valence-corrected chi connectivity index (χ0v) is 16.1. The van der Waals surface area contributed by atoms with E-state index in [9.17, 15) is 0 Å². The van der Waals surface area contributed by atoms with E-state index in [-0.39, 0.29) is 0 Å². The summed E-state index contributed by atoms with van der Waals surface area (Å²) in [7, 11) is 0. The Bertz CT molecular complexity index is 572. The summed E-state index contributed by atoms with van der Waals surface area (Å²) in [6.07, 6.45) is 18.5. The van der Waals surface area contributed by atoms with Gasteiger partial charge in [-0.25, -0.2) is 9.97 Å². The molecule has 2 rings (SSSR count). The van der Waals surface area contributed by atoms with E-state index < -0.39 is 0 Å². The second-order valence-electron chi connectivity index (χ2n) is 6.81. The summed E-state index contributed by atoms with van der Waals surface area (Å²) in [5.74, 6) is 0.927. The second kappa shape index (κ2) is 13.2. The van der Waals surface area contributed by atoms with Crippen molar-refractivity contribution in [2.45, 2.75) is 71.1 Å². The van der Waals surface area contributed by atoms with Crippen LogP contribution in [0.1, 0.15) is 71.1 Å². The number of rotatable bonds is 14. The molecule has 26 heavy (non-hydrogen) atoms. The van der Waals surface area contributed by atoms with Crippen LogP contribution in [0, 0.1) is 0 Å². The Hall–Kier alpha value is -2.10. The van der Waals surface area contributed by atoms with E-state index in [0.29, 0.717) is 0 Å². The molecule has 142 valence electrons. The molecule has 0 radical (unpaired) electrons. The molecule has 1 aromatic carbocycles. The summed E-state index contributed by atoms with van der Waals surface area (Å²) in [6, 6.07) is 8.03. The molecule has 4 nitrogen and oxygen atoms in total. The van der Waals surface area contributed by atoms with Crippen molar-refractivity contribution in [1.82, 2.24) is 9.97 Å². The van der Waals surface area contributed by atoms with Crippen molar-refractivity contribution >= 4 is 11.4 Å². The third-order valence-electron chi connectivity index (χ3n) is 4.47. The number of hydrogen-bond donors (Lipinski definition) is 1. The van der Waals surface area contributed by atoms with Gasteiger partial charge in [0.15, 0.2) is 0 Å². The summed E-state index contributed by atoms with van der Waals surface area (Å²) in [5.41, 5.74) is 1.89. The number of benzene rings is 1. The number of hydrogen-bond acceptors (Lipinski definition) is 4. The van der Waals surface area contributed by atoms with E-state index in [1.165, 1.54) is 64.1 Å². The van der Waals surface area contributed by atoms with Gasteiger partial charge in [0.05, 0.1) is 24.7 Å². The molecule has 0 aliphatic heterocycles. The van der Waals surface area contributed by atoms with Crippen LogP contribution in [0.3, 0.4) is 0 Å². The average molecular weight is 356 g/mol. The summed E-state index contributed by atoms with van der Waals surface area (Å²) in [6.45, 7) is 3.07. The molecule has 0 aliphatic carbocycles. The number of unbranched alkanes of at least 4 members (excludes halogenated alkanes) is 9. The largest absolute Gasteiger partial charge is 0.494 e. The molecule has 0 unspecified atom stereocenters. The van der Waals surface area contributed by atoms with Crippen molar-refractivity contribution in [1.29, 1.82) is 0 Å². The molecular weight excluding hydrogens is 322 g/mol. The van der Waals surface area contributed by atoms with Gasteiger partial charge < -0.3 is 10.1 Å². The van der Waals surface area contributed by atoms with E-state index >= 15 is 0 Å². The lowest BCUT2D eigenvalue weighted by Gasteiger charge is -2.08. The summed E-state index contributed by atoms with van der Waals surface area (Å²) in [4.78, 5) is 7.99. The van der Waals surface area contributed by atoms with Gasteiger partial charge in [-0.15, -0.1) is 0 Å². The first-order valence-electron chi connectivity index (χ1n) is 10.1. The number of nitrogens with one attached hydrogen (secondary N) is 1. The topological polar surface area (TPSA) is 47.0 Å². The predicted octanol–water partition coefficient (Wildman–Crippen LogP) is 6.52. The minimum atomic E-state index is 0.801. The van der Waals surface area contributed by atoms with Gasteiger partial charge in [-0.2, -0.15) is 0 Å². The van der Waals surface area contributed by atoms with E-state index in [1.54, 1.807) is 12.4 Å². The fourth-order valence-corrected chi connectivity index (χ4v) is 2.94. The molecule has 0 bridgehead atoms. The van der Waals surface area contributed by atoms with Crippen molar-refractivity contribution in [3.8, 4) is 5.75 Å². The highest BCUT2D eigenvalue weighted by Gasteiger charge is 1.98. The maximum absolute atomic E-state index is 5.83. The molecule has 1 heterocycles. The Morgan fingerprint density at radius 1 is 0.731 bits per heavy atom. The summed E-state index contributed by atoms with van der Waals surface area (Å²) >= 11 is 0. The van der Waals surface area contributed by atoms with Crippen LogP contribution in [0.5, 0.6) is 5.75 Å². The second-order valence-corrected chi connectivity index (χ2v) is 6.81. The Morgan fingerprint density at radius 3 is 1.92 bits per heavy atom. The summed E-state index contributed by atoms with van der Waals surface area (Å²) in [5, 5.41) is 3.26. The molecule has 0 amide bonds. The van der Waals surface area contributed by atoms with Crippen LogP contribution in [-0.2, 0) is 0 Å². The SMILES string of the molecule is CCCCCCCCCCCCOc1ccc(Nc2cncnc2)cc1.